The lowest BCUT2D eigenvalue weighted by molar-refractivity contribution is -0.135. The van der Waals surface area contributed by atoms with Gasteiger partial charge in [-0.25, -0.2) is 0 Å². The molecule has 0 bridgehead atoms. The Bertz CT molecular complexity index is 1350. The molecular formula is C27H26ClN3O3S. The van der Waals surface area contributed by atoms with Crippen LogP contribution in [0.4, 0.5) is 4.79 Å². The highest BCUT2D eigenvalue weighted by Crippen LogP contribution is 2.35. The molecule has 0 aliphatic carbocycles. The zero-order valence-electron chi connectivity index (χ0n) is 19.4. The predicted octanol–water partition coefficient (Wildman–Crippen LogP) is 5.93. The van der Waals surface area contributed by atoms with Crippen molar-refractivity contribution in [3.63, 3.8) is 0 Å². The maximum absolute atomic E-state index is 13.1. The van der Waals surface area contributed by atoms with Crippen LogP contribution in [0.15, 0.2) is 59.6 Å². The smallest absolute Gasteiger partial charge is 0.293 e. The van der Waals surface area contributed by atoms with Crippen molar-refractivity contribution < 1.29 is 14.4 Å². The van der Waals surface area contributed by atoms with Crippen LogP contribution in [-0.4, -0.2) is 44.0 Å². The van der Waals surface area contributed by atoms with Crippen molar-refractivity contribution in [3.05, 3.63) is 75.8 Å². The Balaban J connectivity index is 1.42. The molecule has 1 aromatic heterocycles. The second kappa shape index (κ2) is 9.91. The highest BCUT2D eigenvalue weighted by molar-refractivity contribution is 8.18. The predicted molar refractivity (Wildman–Crippen MR) is 140 cm³/mol. The zero-order valence-corrected chi connectivity index (χ0v) is 21.0. The monoisotopic (exact) mass is 507 g/mol. The van der Waals surface area contributed by atoms with E-state index in [2.05, 4.69) is 6.92 Å². The van der Waals surface area contributed by atoms with Crippen LogP contribution < -0.4 is 0 Å². The third-order valence-corrected chi connectivity index (χ3v) is 7.97. The van der Waals surface area contributed by atoms with E-state index < -0.39 is 0 Å². The number of fused-ring (bicyclic) bond motifs is 1. The first-order valence-corrected chi connectivity index (χ1v) is 13.0. The molecule has 2 saturated heterocycles. The number of imide groups is 1. The number of aromatic nitrogens is 1. The summed E-state index contributed by atoms with van der Waals surface area (Å²) in [5, 5.41) is 1.13. The molecule has 180 valence electrons. The number of nitrogens with zero attached hydrogens (tertiary/aromatic N) is 3. The van der Waals surface area contributed by atoms with Crippen LogP contribution in [0.5, 0.6) is 0 Å². The van der Waals surface area contributed by atoms with Gasteiger partial charge >= 0.3 is 0 Å². The fourth-order valence-corrected chi connectivity index (χ4v) is 5.83. The number of carbonyl (C=O) groups is 3. The van der Waals surface area contributed by atoms with Crippen LogP contribution in [0.25, 0.3) is 17.0 Å². The average molecular weight is 508 g/mol. The van der Waals surface area contributed by atoms with E-state index >= 15 is 0 Å². The summed E-state index contributed by atoms with van der Waals surface area (Å²) in [6, 6.07) is 15.3. The van der Waals surface area contributed by atoms with Crippen LogP contribution in [0.3, 0.4) is 0 Å². The van der Waals surface area contributed by atoms with Gasteiger partial charge in [-0.1, -0.05) is 48.0 Å². The third-order valence-electron chi connectivity index (χ3n) is 6.69. The maximum atomic E-state index is 13.1. The Morgan fingerprint density at radius 1 is 1.11 bits per heavy atom. The molecule has 1 atom stereocenters. The molecule has 0 N–H and O–H groups in total. The van der Waals surface area contributed by atoms with Gasteiger partial charge in [0.1, 0.15) is 6.54 Å². The molecule has 5 rings (SSSR count). The highest BCUT2D eigenvalue weighted by Gasteiger charge is 2.35. The zero-order chi connectivity index (χ0) is 24.5. The first-order chi connectivity index (χ1) is 16.9. The summed E-state index contributed by atoms with van der Waals surface area (Å²) in [4.78, 5) is 42.4. The SMILES string of the molecule is C[C@@H]1CCCCN1C(=O)Cn1cc(/C=C2\SC(=O)N(Cc3ccccc3Cl)C2=O)c2ccccc21. The Labute approximate surface area is 213 Å². The number of amides is 3. The van der Waals surface area contributed by atoms with Gasteiger partial charge in [-0.05, 0) is 61.7 Å². The highest BCUT2D eigenvalue weighted by atomic mass is 35.5. The fraction of sp³-hybridized carbons (Fsp3) is 0.296. The van der Waals surface area contributed by atoms with E-state index in [1.807, 2.05) is 58.1 Å². The molecule has 35 heavy (non-hydrogen) atoms. The van der Waals surface area contributed by atoms with Gasteiger partial charge < -0.3 is 9.47 Å². The molecule has 0 radical (unpaired) electrons. The number of hydrogen-bond acceptors (Lipinski definition) is 4. The molecular weight excluding hydrogens is 482 g/mol. The van der Waals surface area contributed by atoms with Crippen LogP contribution in [0.2, 0.25) is 5.02 Å². The lowest BCUT2D eigenvalue weighted by atomic mass is 10.0. The van der Waals surface area contributed by atoms with Crippen LogP contribution in [0.1, 0.15) is 37.3 Å². The molecule has 8 heteroatoms. The van der Waals surface area contributed by atoms with Crippen molar-refractivity contribution in [2.75, 3.05) is 6.54 Å². The number of hydrogen-bond donors (Lipinski definition) is 0. The lowest BCUT2D eigenvalue weighted by Gasteiger charge is -2.33. The Morgan fingerprint density at radius 2 is 1.89 bits per heavy atom. The van der Waals surface area contributed by atoms with E-state index in [4.69, 9.17) is 11.6 Å². The number of benzene rings is 2. The first-order valence-electron chi connectivity index (χ1n) is 11.8. The average Bonchev–Trinajstić information content (AvgIpc) is 3.32. The molecule has 2 aromatic carbocycles. The minimum Gasteiger partial charge on any atom is -0.338 e. The van der Waals surface area contributed by atoms with Gasteiger partial charge in [0.15, 0.2) is 0 Å². The lowest BCUT2D eigenvalue weighted by Crippen LogP contribution is -2.43. The molecule has 0 spiro atoms. The van der Waals surface area contributed by atoms with Crippen molar-refractivity contribution in [2.45, 2.75) is 45.3 Å². The van der Waals surface area contributed by atoms with E-state index in [9.17, 15) is 14.4 Å². The number of piperidine rings is 1. The van der Waals surface area contributed by atoms with E-state index in [0.717, 1.165) is 59.6 Å². The summed E-state index contributed by atoms with van der Waals surface area (Å²) >= 11 is 7.16. The van der Waals surface area contributed by atoms with Gasteiger partial charge in [0.25, 0.3) is 11.1 Å². The van der Waals surface area contributed by atoms with Gasteiger partial charge in [-0.2, -0.15) is 0 Å². The second-order valence-corrected chi connectivity index (χ2v) is 10.4. The van der Waals surface area contributed by atoms with Gasteiger partial charge in [-0.3, -0.25) is 19.3 Å². The van der Waals surface area contributed by atoms with Gasteiger partial charge in [0, 0.05) is 40.3 Å². The number of likely N-dealkylation sites (tertiary alicyclic amines) is 1. The quantitative estimate of drug-likeness (QED) is 0.401. The van der Waals surface area contributed by atoms with E-state index in [1.165, 1.54) is 4.90 Å². The van der Waals surface area contributed by atoms with E-state index in [-0.39, 0.29) is 36.2 Å². The summed E-state index contributed by atoms with van der Waals surface area (Å²) in [5.74, 6) is -0.237. The summed E-state index contributed by atoms with van der Waals surface area (Å²) in [6.45, 7) is 3.28. The van der Waals surface area contributed by atoms with E-state index in [1.54, 1.807) is 12.1 Å². The van der Waals surface area contributed by atoms with Gasteiger partial charge in [0.2, 0.25) is 5.91 Å². The van der Waals surface area contributed by atoms with Gasteiger partial charge in [-0.15, -0.1) is 0 Å². The van der Waals surface area contributed by atoms with Crippen molar-refractivity contribution >= 4 is 57.4 Å². The molecule has 3 aromatic rings. The van der Waals surface area contributed by atoms with Crippen molar-refractivity contribution in [3.8, 4) is 0 Å². The molecule has 0 saturated carbocycles. The van der Waals surface area contributed by atoms with Crippen LogP contribution in [0, 0.1) is 0 Å². The van der Waals surface area contributed by atoms with E-state index in [0.29, 0.717) is 9.93 Å². The molecule has 2 fully saturated rings. The minimum atomic E-state index is -0.338. The summed E-state index contributed by atoms with van der Waals surface area (Å²) in [7, 11) is 0. The Kier molecular flexibility index (Phi) is 6.71. The molecule has 3 heterocycles. The Hall–Kier alpha value is -3.03. The first kappa shape index (κ1) is 23.7. The molecule has 3 amide bonds. The Morgan fingerprint density at radius 3 is 2.69 bits per heavy atom. The topological polar surface area (TPSA) is 62.6 Å². The van der Waals surface area contributed by atoms with Crippen molar-refractivity contribution in [2.24, 2.45) is 0 Å². The standard InChI is InChI=1S/C27H26ClN3O3S/c1-18-8-6-7-13-30(18)25(32)17-29-15-20(21-10-3-5-12-23(21)29)14-24-26(33)31(27(34)35-24)16-19-9-2-4-11-22(19)28/h2-5,9-12,14-15,18H,6-8,13,16-17H2,1H3/b24-14-/t18-/m1/s1. The number of para-hydroxylation sites is 1. The molecule has 2 aliphatic rings. The molecule has 2 aliphatic heterocycles. The normalized spacial score (nSPS) is 19.8. The van der Waals surface area contributed by atoms with Crippen LogP contribution in [-0.2, 0) is 22.7 Å². The van der Waals surface area contributed by atoms with Crippen molar-refractivity contribution in [1.29, 1.82) is 0 Å². The fourth-order valence-electron chi connectivity index (χ4n) is 4.80. The summed E-state index contributed by atoms with van der Waals surface area (Å²) < 4.78 is 1.94. The number of halogens is 1. The largest absolute Gasteiger partial charge is 0.338 e. The summed E-state index contributed by atoms with van der Waals surface area (Å²) in [5.41, 5.74) is 2.45. The number of thioether (sulfide) groups is 1. The molecule has 0 unspecified atom stereocenters. The van der Waals surface area contributed by atoms with Crippen molar-refractivity contribution in [1.82, 2.24) is 14.4 Å². The van der Waals surface area contributed by atoms with Crippen LogP contribution >= 0.6 is 23.4 Å². The number of rotatable bonds is 5. The third kappa shape index (κ3) is 4.75. The maximum Gasteiger partial charge on any atom is 0.293 e. The number of carbonyl (C=O) groups excluding carboxylic acids is 3. The summed E-state index contributed by atoms with van der Waals surface area (Å²) in [6.07, 6.45) is 6.89. The second-order valence-electron chi connectivity index (χ2n) is 9.02. The minimum absolute atomic E-state index is 0.101. The van der Waals surface area contributed by atoms with Gasteiger partial charge in [0.05, 0.1) is 11.4 Å². The molecule has 6 nitrogen and oxygen atoms in total.